The molecule has 4 heteroatoms. The van der Waals surface area contributed by atoms with E-state index < -0.39 is 0 Å². The van der Waals surface area contributed by atoms with Crippen molar-refractivity contribution in [2.24, 2.45) is 0 Å². The summed E-state index contributed by atoms with van der Waals surface area (Å²) < 4.78 is 0. The van der Waals surface area contributed by atoms with Gasteiger partial charge in [0, 0.05) is 25.1 Å². The lowest BCUT2D eigenvalue weighted by Crippen LogP contribution is -2.31. The molecule has 1 saturated carbocycles. The Morgan fingerprint density at radius 1 is 1.24 bits per heavy atom. The molecule has 1 aliphatic carbocycles. The largest absolute Gasteiger partial charge is 0.373 e. The van der Waals surface area contributed by atoms with Crippen LogP contribution >= 0.6 is 0 Å². The fourth-order valence-corrected chi connectivity index (χ4v) is 2.44. The first-order valence-corrected chi connectivity index (χ1v) is 6.49. The van der Waals surface area contributed by atoms with E-state index in [0.717, 1.165) is 23.9 Å². The number of nitrogens with zero attached hydrogens (tertiary/aromatic N) is 2. The predicted molar refractivity (Wildman–Crippen MR) is 71.5 cm³/mol. The Balaban J connectivity index is 2.19. The molecule has 1 fully saturated rings. The van der Waals surface area contributed by atoms with Gasteiger partial charge in [0.1, 0.15) is 17.5 Å². The molecule has 0 aromatic carbocycles. The van der Waals surface area contributed by atoms with Crippen LogP contribution < -0.4 is 10.6 Å². The average Bonchev–Trinajstić information content (AvgIpc) is 2.75. The van der Waals surface area contributed by atoms with Crippen LogP contribution in [0.2, 0.25) is 0 Å². The van der Waals surface area contributed by atoms with Gasteiger partial charge in [0.05, 0.1) is 0 Å². The highest BCUT2D eigenvalue weighted by molar-refractivity contribution is 5.48. The summed E-state index contributed by atoms with van der Waals surface area (Å²) in [7, 11) is 1.89. The number of rotatable bonds is 4. The molecule has 0 bridgehead atoms. The van der Waals surface area contributed by atoms with Gasteiger partial charge in [-0.3, -0.25) is 0 Å². The highest BCUT2D eigenvalue weighted by atomic mass is 15.1. The van der Waals surface area contributed by atoms with Crippen molar-refractivity contribution in [2.75, 3.05) is 17.7 Å². The molecule has 0 unspecified atom stereocenters. The lowest BCUT2D eigenvalue weighted by Gasteiger charge is -2.26. The van der Waals surface area contributed by atoms with Gasteiger partial charge in [0.2, 0.25) is 0 Å². The number of anilines is 2. The highest BCUT2D eigenvalue weighted by Crippen LogP contribution is 2.32. The quantitative estimate of drug-likeness (QED) is 0.841. The molecule has 1 aliphatic rings. The molecule has 1 aromatic rings. The topological polar surface area (TPSA) is 49.8 Å². The van der Waals surface area contributed by atoms with Gasteiger partial charge in [-0.25, -0.2) is 9.97 Å². The van der Waals surface area contributed by atoms with Crippen LogP contribution in [0.25, 0.3) is 0 Å². The van der Waals surface area contributed by atoms with Gasteiger partial charge in [-0.1, -0.05) is 19.8 Å². The monoisotopic (exact) mass is 234 g/mol. The zero-order valence-corrected chi connectivity index (χ0v) is 11.0. The fraction of sp³-hybridized carbons (Fsp3) is 0.692. The molecule has 2 N–H and O–H groups in total. The Morgan fingerprint density at radius 2 is 1.88 bits per heavy atom. The molecule has 17 heavy (non-hydrogen) atoms. The number of hydrogen-bond donors (Lipinski definition) is 2. The van der Waals surface area contributed by atoms with Crippen LogP contribution in [0.3, 0.4) is 0 Å². The van der Waals surface area contributed by atoms with Gasteiger partial charge in [0.25, 0.3) is 0 Å². The lowest BCUT2D eigenvalue weighted by molar-refractivity contribution is 0.530. The van der Waals surface area contributed by atoms with E-state index in [9.17, 15) is 0 Å². The summed E-state index contributed by atoms with van der Waals surface area (Å²) in [4.78, 5) is 8.95. The van der Waals surface area contributed by atoms with Crippen LogP contribution in [0, 0.1) is 0 Å². The van der Waals surface area contributed by atoms with E-state index in [1.165, 1.54) is 25.7 Å². The summed E-state index contributed by atoms with van der Waals surface area (Å²) in [6.07, 6.45) is 5.95. The maximum Gasteiger partial charge on any atom is 0.132 e. The third kappa shape index (κ3) is 2.87. The van der Waals surface area contributed by atoms with E-state index in [2.05, 4.69) is 34.4 Å². The first-order chi connectivity index (χ1) is 8.15. The number of nitrogens with one attached hydrogen (secondary N) is 2. The Hall–Kier alpha value is -1.32. The van der Waals surface area contributed by atoms with E-state index in [1.54, 1.807) is 0 Å². The number of hydrogen-bond acceptors (Lipinski definition) is 4. The number of aromatic nitrogens is 2. The molecule has 2 rings (SSSR count). The smallest absolute Gasteiger partial charge is 0.132 e. The molecule has 0 spiro atoms. The normalized spacial score (nSPS) is 18.1. The third-order valence-electron chi connectivity index (χ3n) is 3.48. The van der Waals surface area contributed by atoms with Crippen molar-refractivity contribution >= 4 is 11.6 Å². The Bertz CT molecular complexity index is 361. The highest BCUT2D eigenvalue weighted by Gasteiger charge is 2.28. The third-order valence-corrected chi connectivity index (χ3v) is 3.48. The summed E-state index contributed by atoms with van der Waals surface area (Å²) in [6, 6.07) is 1.99. The van der Waals surface area contributed by atoms with Crippen molar-refractivity contribution in [3.05, 3.63) is 11.9 Å². The van der Waals surface area contributed by atoms with Crippen molar-refractivity contribution < 1.29 is 0 Å². The van der Waals surface area contributed by atoms with Crippen molar-refractivity contribution in [1.82, 2.24) is 9.97 Å². The second kappa shape index (κ2) is 4.90. The summed E-state index contributed by atoms with van der Waals surface area (Å²) in [5, 5.41) is 6.66. The van der Waals surface area contributed by atoms with Gasteiger partial charge in [0.15, 0.2) is 0 Å². The molecule has 0 saturated heterocycles. The van der Waals surface area contributed by atoms with Crippen LogP contribution in [0.4, 0.5) is 11.6 Å². The fourth-order valence-electron chi connectivity index (χ4n) is 2.44. The van der Waals surface area contributed by atoms with E-state index >= 15 is 0 Å². The minimum absolute atomic E-state index is 0.213. The Morgan fingerprint density at radius 3 is 2.47 bits per heavy atom. The molecule has 0 radical (unpaired) electrons. The standard InChI is InChI=1S/C13H22N4/c1-4-10-15-11(14-3)9-12(16-10)17-13(2)7-5-6-8-13/h9H,4-8H2,1-3H3,(H2,14,15,16,17). The molecule has 0 atom stereocenters. The van der Waals surface area contributed by atoms with E-state index in [4.69, 9.17) is 0 Å². The SMILES string of the molecule is CCc1nc(NC)cc(NC2(C)CCCC2)n1. The lowest BCUT2D eigenvalue weighted by atomic mass is 10.0. The molecule has 0 amide bonds. The van der Waals surface area contributed by atoms with Crippen molar-refractivity contribution in [1.29, 1.82) is 0 Å². The molecule has 0 aliphatic heterocycles. The van der Waals surface area contributed by atoms with Gasteiger partial charge >= 0.3 is 0 Å². The summed E-state index contributed by atoms with van der Waals surface area (Å²) in [5.74, 6) is 2.73. The summed E-state index contributed by atoms with van der Waals surface area (Å²) in [6.45, 7) is 4.36. The van der Waals surface area contributed by atoms with E-state index in [-0.39, 0.29) is 5.54 Å². The van der Waals surface area contributed by atoms with Crippen molar-refractivity contribution in [2.45, 2.75) is 51.5 Å². The maximum absolute atomic E-state index is 4.55. The van der Waals surface area contributed by atoms with Crippen LogP contribution in [0.15, 0.2) is 6.07 Å². The van der Waals surface area contributed by atoms with E-state index in [0.29, 0.717) is 0 Å². The first kappa shape index (κ1) is 12.1. The molecular weight excluding hydrogens is 212 g/mol. The van der Waals surface area contributed by atoms with Crippen LogP contribution in [0.1, 0.15) is 45.4 Å². The summed E-state index contributed by atoms with van der Waals surface area (Å²) in [5.41, 5.74) is 0.213. The van der Waals surface area contributed by atoms with Gasteiger partial charge in [-0.05, 0) is 19.8 Å². The molecule has 94 valence electrons. The van der Waals surface area contributed by atoms with Gasteiger partial charge in [-0.2, -0.15) is 0 Å². The molecule has 4 nitrogen and oxygen atoms in total. The van der Waals surface area contributed by atoms with Crippen molar-refractivity contribution in [3.63, 3.8) is 0 Å². The molecule has 1 aromatic heterocycles. The Labute approximate surface area is 103 Å². The Kier molecular flexibility index (Phi) is 3.50. The minimum Gasteiger partial charge on any atom is -0.373 e. The average molecular weight is 234 g/mol. The second-order valence-corrected chi connectivity index (χ2v) is 5.05. The first-order valence-electron chi connectivity index (χ1n) is 6.49. The van der Waals surface area contributed by atoms with Gasteiger partial charge < -0.3 is 10.6 Å². The minimum atomic E-state index is 0.213. The maximum atomic E-state index is 4.55. The number of aryl methyl sites for hydroxylation is 1. The van der Waals surface area contributed by atoms with Crippen molar-refractivity contribution in [3.8, 4) is 0 Å². The van der Waals surface area contributed by atoms with Crippen LogP contribution in [-0.2, 0) is 6.42 Å². The second-order valence-electron chi connectivity index (χ2n) is 5.05. The van der Waals surface area contributed by atoms with Crippen LogP contribution in [0.5, 0.6) is 0 Å². The predicted octanol–water partition coefficient (Wildman–Crippen LogP) is 2.83. The van der Waals surface area contributed by atoms with Gasteiger partial charge in [-0.15, -0.1) is 0 Å². The summed E-state index contributed by atoms with van der Waals surface area (Å²) >= 11 is 0. The zero-order chi connectivity index (χ0) is 12.3. The zero-order valence-electron chi connectivity index (χ0n) is 11.0. The molecule has 1 heterocycles. The molecular formula is C13H22N4. The van der Waals surface area contributed by atoms with Crippen LogP contribution in [-0.4, -0.2) is 22.6 Å². The van der Waals surface area contributed by atoms with E-state index in [1.807, 2.05) is 13.1 Å².